The summed E-state index contributed by atoms with van der Waals surface area (Å²) in [6.45, 7) is 11.4. The van der Waals surface area contributed by atoms with Crippen LogP contribution in [-0.4, -0.2) is 64.9 Å². The van der Waals surface area contributed by atoms with Crippen molar-refractivity contribution in [1.29, 1.82) is 0 Å². The maximum absolute atomic E-state index is 12.5. The number of piperazine rings is 1. The summed E-state index contributed by atoms with van der Waals surface area (Å²) >= 11 is 0. The molecule has 0 spiro atoms. The topological polar surface area (TPSA) is 73.5 Å². The van der Waals surface area contributed by atoms with E-state index in [-0.39, 0.29) is 11.9 Å². The fraction of sp³-hybridized carbons (Fsp3) is 0.636. The minimum atomic E-state index is -0.562. The van der Waals surface area contributed by atoms with Gasteiger partial charge in [0.15, 0.2) is 6.54 Å². The summed E-state index contributed by atoms with van der Waals surface area (Å²) in [5.74, 6) is 0.789. The van der Waals surface area contributed by atoms with Crippen molar-refractivity contribution in [2.24, 2.45) is 5.92 Å². The molecule has 0 aliphatic carbocycles. The molecule has 1 fully saturated rings. The number of hydrogen-bond donors (Lipinski definition) is 3. The first-order valence-electron chi connectivity index (χ1n) is 10.5. The Morgan fingerprint density at radius 3 is 2.34 bits per heavy atom. The lowest BCUT2D eigenvalue weighted by molar-refractivity contribution is -1.02. The highest BCUT2D eigenvalue weighted by Gasteiger charge is 2.28. The fourth-order valence-electron chi connectivity index (χ4n) is 3.93. The molecule has 1 atom stereocenters. The first-order chi connectivity index (χ1) is 13.8. The minimum absolute atomic E-state index is 0.0835. The fourth-order valence-corrected chi connectivity index (χ4v) is 3.93. The van der Waals surface area contributed by atoms with Crippen LogP contribution in [0.15, 0.2) is 18.2 Å². The summed E-state index contributed by atoms with van der Waals surface area (Å²) in [6.07, 6.45) is 0.587. The summed E-state index contributed by atoms with van der Waals surface area (Å²) in [5.41, 5.74) is 2.47. The van der Waals surface area contributed by atoms with Gasteiger partial charge in [-0.05, 0) is 31.4 Å². The van der Waals surface area contributed by atoms with Gasteiger partial charge in [0.2, 0.25) is 0 Å². The van der Waals surface area contributed by atoms with Crippen LogP contribution in [0.1, 0.15) is 31.4 Å². The number of ether oxygens (including phenoxy) is 2. The van der Waals surface area contributed by atoms with E-state index in [0.717, 1.165) is 38.5 Å². The van der Waals surface area contributed by atoms with Gasteiger partial charge in [0.1, 0.15) is 44.5 Å². The molecule has 0 bridgehead atoms. The third-order valence-corrected chi connectivity index (χ3v) is 5.48. The number of carbonyl (C=O) groups is 2. The van der Waals surface area contributed by atoms with Crippen LogP contribution >= 0.6 is 0 Å². The molecule has 2 rings (SSSR count). The van der Waals surface area contributed by atoms with E-state index in [4.69, 9.17) is 9.47 Å². The molecule has 162 valence electrons. The highest BCUT2D eigenvalue weighted by atomic mass is 16.5. The quantitative estimate of drug-likeness (QED) is 0.459. The molecule has 7 nitrogen and oxygen atoms in total. The summed E-state index contributed by atoms with van der Waals surface area (Å²) < 4.78 is 10.3. The summed E-state index contributed by atoms with van der Waals surface area (Å²) in [5, 5.41) is 2.86. The zero-order valence-electron chi connectivity index (χ0n) is 18.5. The average molecular weight is 408 g/mol. The molecule has 3 N–H and O–H groups in total. The van der Waals surface area contributed by atoms with Crippen molar-refractivity contribution in [2.75, 3.05) is 46.9 Å². The molecule has 1 aromatic rings. The first kappa shape index (κ1) is 23.2. The molecular formula is C22H37N3O4+2. The van der Waals surface area contributed by atoms with Gasteiger partial charge in [-0.2, -0.15) is 0 Å². The highest BCUT2D eigenvalue weighted by molar-refractivity contribution is 5.84. The SMILES string of the molecule is COC(=O)[C@H](CC(C)C)NC(=O)C[NH+]1CC[NH+](Cc2cc(C)ccc2OC)CC1. The van der Waals surface area contributed by atoms with E-state index in [0.29, 0.717) is 18.9 Å². The van der Waals surface area contributed by atoms with Crippen molar-refractivity contribution in [2.45, 2.75) is 39.8 Å². The molecular weight excluding hydrogens is 370 g/mol. The van der Waals surface area contributed by atoms with Crippen LogP contribution in [0.5, 0.6) is 5.75 Å². The molecule has 29 heavy (non-hydrogen) atoms. The molecule has 0 radical (unpaired) electrons. The Balaban J connectivity index is 1.82. The molecule has 1 aliphatic rings. The predicted octanol–water partition coefficient (Wildman–Crippen LogP) is -1.01. The Morgan fingerprint density at radius 2 is 1.76 bits per heavy atom. The van der Waals surface area contributed by atoms with E-state index in [1.54, 1.807) is 7.11 Å². The number of aryl methyl sites for hydroxylation is 1. The van der Waals surface area contributed by atoms with Gasteiger partial charge in [-0.3, -0.25) is 4.79 Å². The second kappa shape index (κ2) is 11.2. The van der Waals surface area contributed by atoms with Crippen molar-refractivity contribution >= 4 is 11.9 Å². The maximum atomic E-state index is 12.5. The number of nitrogens with one attached hydrogen (secondary N) is 3. The van der Waals surface area contributed by atoms with Crippen molar-refractivity contribution < 1.29 is 28.9 Å². The van der Waals surface area contributed by atoms with Crippen LogP contribution in [0, 0.1) is 12.8 Å². The normalized spacial score (nSPS) is 20.2. The molecule has 1 amide bonds. The molecule has 1 saturated heterocycles. The molecule has 0 aromatic heterocycles. The van der Waals surface area contributed by atoms with Gasteiger partial charge in [-0.1, -0.05) is 25.5 Å². The van der Waals surface area contributed by atoms with Crippen molar-refractivity contribution in [1.82, 2.24) is 5.32 Å². The number of esters is 1. The van der Waals surface area contributed by atoms with E-state index in [1.165, 1.54) is 28.0 Å². The van der Waals surface area contributed by atoms with Crippen LogP contribution < -0.4 is 19.9 Å². The number of methoxy groups -OCH3 is 2. The van der Waals surface area contributed by atoms with E-state index >= 15 is 0 Å². The molecule has 1 heterocycles. The number of amides is 1. The minimum Gasteiger partial charge on any atom is -0.496 e. The Morgan fingerprint density at radius 1 is 1.10 bits per heavy atom. The molecule has 0 unspecified atom stereocenters. The lowest BCUT2D eigenvalue weighted by atomic mass is 10.0. The van der Waals surface area contributed by atoms with Crippen molar-refractivity contribution in [3.63, 3.8) is 0 Å². The van der Waals surface area contributed by atoms with Crippen LogP contribution in [-0.2, 0) is 20.9 Å². The lowest BCUT2D eigenvalue weighted by Crippen LogP contribution is -3.28. The van der Waals surface area contributed by atoms with E-state index in [2.05, 4.69) is 24.4 Å². The van der Waals surface area contributed by atoms with Crippen LogP contribution in [0.25, 0.3) is 0 Å². The predicted molar refractivity (Wildman–Crippen MR) is 111 cm³/mol. The summed E-state index contributed by atoms with van der Waals surface area (Å²) in [6, 6.07) is 5.73. The van der Waals surface area contributed by atoms with Crippen LogP contribution in [0.3, 0.4) is 0 Å². The number of rotatable bonds is 9. The van der Waals surface area contributed by atoms with Gasteiger partial charge in [0, 0.05) is 5.56 Å². The van der Waals surface area contributed by atoms with Gasteiger partial charge in [0.05, 0.1) is 14.2 Å². The smallest absolute Gasteiger partial charge is 0.328 e. The van der Waals surface area contributed by atoms with E-state index in [9.17, 15) is 9.59 Å². The zero-order chi connectivity index (χ0) is 21.4. The summed E-state index contributed by atoms with van der Waals surface area (Å²) in [7, 11) is 3.07. The second-order valence-electron chi connectivity index (χ2n) is 8.44. The van der Waals surface area contributed by atoms with Crippen molar-refractivity contribution in [3.8, 4) is 5.75 Å². The van der Waals surface area contributed by atoms with Gasteiger partial charge in [0.25, 0.3) is 5.91 Å². The number of hydrogen-bond acceptors (Lipinski definition) is 4. The monoisotopic (exact) mass is 407 g/mol. The van der Waals surface area contributed by atoms with Crippen LogP contribution in [0.4, 0.5) is 0 Å². The number of benzene rings is 1. The Labute approximate surface area is 174 Å². The molecule has 1 aromatic carbocycles. The largest absolute Gasteiger partial charge is 0.496 e. The third kappa shape index (κ3) is 7.33. The lowest BCUT2D eigenvalue weighted by Gasteiger charge is -2.30. The molecule has 0 saturated carbocycles. The van der Waals surface area contributed by atoms with E-state index < -0.39 is 6.04 Å². The zero-order valence-corrected chi connectivity index (χ0v) is 18.5. The summed E-state index contributed by atoms with van der Waals surface area (Å²) in [4.78, 5) is 27.1. The molecule has 1 aliphatic heterocycles. The maximum Gasteiger partial charge on any atom is 0.328 e. The van der Waals surface area contributed by atoms with Gasteiger partial charge in [-0.15, -0.1) is 0 Å². The Hall–Kier alpha value is -2.12. The third-order valence-electron chi connectivity index (χ3n) is 5.48. The van der Waals surface area contributed by atoms with Gasteiger partial charge >= 0.3 is 5.97 Å². The van der Waals surface area contributed by atoms with Gasteiger partial charge in [-0.25, -0.2) is 4.79 Å². The Bertz CT molecular complexity index is 685. The highest BCUT2D eigenvalue weighted by Crippen LogP contribution is 2.18. The number of quaternary nitrogens is 2. The molecule has 7 heteroatoms. The first-order valence-corrected chi connectivity index (χ1v) is 10.5. The van der Waals surface area contributed by atoms with Gasteiger partial charge < -0.3 is 24.6 Å². The van der Waals surface area contributed by atoms with E-state index in [1.807, 2.05) is 19.9 Å². The average Bonchev–Trinajstić information content (AvgIpc) is 2.68. The second-order valence-corrected chi connectivity index (χ2v) is 8.44. The Kier molecular flexibility index (Phi) is 8.92. The van der Waals surface area contributed by atoms with Crippen LogP contribution in [0.2, 0.25) is 0 Å². The van der Waals surface area contributed by atoms with Crippen molar-refractivity contribution in [3.05, 3.63) is 29.3 Å². The standard InChI is InChI=1S/C22H35N3O4/c1-16(2)12-19(22(27)29-5)23-21(26)15-25-10-8-24(9-11-25)14-18-13-17(3)6-7-20(18)28-4/h6-7,13,16,19H,8-12,14-15H2,1-5H3,(H,23,26)/p+2/t19-/m0/s1. The number of carbonyl (C=O) groups excluding carboxylic acids is 2.